The first-order valence-electron chi connectivity index (χ1n) is 13.2. The Morgan fingerprint density at radius 2 is 1.28 bits per heavy atom. The summed E-state index contributed by atoms with van der Waals surface area (Å²) in [6.45, 7) is 16.2. The van der Waals surface area contributed by atoms with E-state index in [2.05, 4.69) is 65.1 Å². The molecule has 0 unspecified atom stereocenters. The van der Waals surface area contributed by atoms with Crippen LogP contribution in [-0.2, 0) is 9.31 Å². The van der Waals surface area contributed by atoms with Crippen LogP contribution in [0.15, 0.2) is 116 Å². The highest BCUT2D eigenvalue weighted by Crippen LogP contribution is 2.39. The van der Waals surface area contributed by atoms with E-state index in [1.54, 1.807) is 6.08 Å². The van der Waals surface area contributed by atoms with Crippen molar-refractivity contribution in [2.24, 2.45) is 0 Å². The molecule has 1 fully saturated rings. The molecule has 0 radical (unpaired) electrons. The SMILES string of the molecule is C=C/C=C(\C=C)c1nc(-c2ccc(B3OC(C)(C)C(C)(C)O3)cc2)nc(-c2ccccc2)c1-c1ccccc1. The van der Waals surface area contributed by atoms with Crippen molar-refractivity contribution in [1.82, 2.24) is 9.97 Å². The quantitative estimate of drug-likeness (QED) is 0.190. The van der Waals surface area contributed by atoms with Crippen molar-refractivity contribution in [3.63, 3.8) is 0 Å². The van der Waals surface area contributed by atoms with E-state index in [1.165, 1.54) is 0 Å². The normalized spacial score (nSPS) is 16.2. The Labute approximate surface area is 231 Å². The van der Waals surface area contributed by atoms with Gasteiger partial charge in [-0.2, -0.15) is 0 Å². The minimum atomic E-state index is -0.427. The zero-order valence-corrected chi connectivity index (χ0v) is 23.0. The second-order valence-electron chi connectivity index (χ2n) is 10.6. The van der Waals surface area contributed by atoms with Crippen LogP contribution in [0.4, 0.5) is 0 Å². The van der Waals surface area contributed by atoms with E-state index in [9.17, 15) is 0 Å². The highest BCUT2D eigenvalue weighted by Gasteiger charge is 2.51. The molecule has 1 aliphatic rings. The van der Waals surface area contributed by atoms with Crippen LogP contribution >= 0.6 is 0 Å². The van der Waals surface area contributed by atoms with E-state index in [-0.39, 0.29) is 0 Å². The summed E-state index contributed by atoms with van der Waals surface area (Å²) < 4.78 is 12.5. The summed E-state index contributed by atoms with van der Waals surface area (Å²) in [4.78, 5) is 10.2. The Morgan fingerprint density at radius 3 is 1.82 bits per heavy atom. The van der Waals surface area contributed by atoms with Crippen LogP contribution in [0.2, 0.25) is 0 Å². The summed E-state index contributed by atoms with van der Waals surface area (Å²) in [5.74, 6) is 0.626. The zero-order valence-electron chi connectivity index (χ0n) is 23.0. The maximum Gasteiger partial charge on any atom is 0.494 e. The average Bonchev–Trinajstić information content (AvgIpc) is 3.18. The number of benzene rings is 3. The summed E-state index contributed by atoms with van der Waals surface area (Å²) >= 11 is 0. The first-order valence-corrected chi connectivity index (χ1v) is 13.2. The Morgan fingerprint density at radius 1 is 0.718 bits per heavy atom. The van der Waals surface area contributed by atoms with Crippen LogP contribution in [0, 0.1) is 0 Å². The summed E-state index contributed by atoms with van der Waals surface area (Å²) in [6, 6.07) is 28.6. The minimum absolute atomic E-state index is 0.398. The molecular weight excluding hydrogens is 479 g/mol. The molecule has 5 heteroatoms. The topological polar surface area (TPSA) is 44.2 Å². The van der Waals surface area contributed by atoms with Crippen molar-refractivity contribution >= 4 is 18.2 Å². The Bertz CT molecular complexity index is 1510. The molecule has 0 N–H and O–H groups in total. The third-order valence-corrected chi connectivity index (χ3v) is 7.50. The van der Waals surface area contributed by atoms with E-state index < -0.39 is 18.3 Å². The minimum Gasteiger partial charge on any atom is -0.399 e. The van der Waals surface area contributed by atoms with Crippen LogP contribution in [0.5, 0.6) is 0 Å². The highest BCUT2D eigenvalue weighted by molar-refractivity contribution is 6.62. The molecule has 0 atom stereocenters. The molecule has 0 saturated carbocycles. The Balaban J connectivity index is 1.67. The molecule has 4 aromatic rings. The predicted molar refractivity (Wildman–Crippen MR) is 162 cm³/mol. The molecule has 5 rings (SSSR count). The van der Waals surface area contributed by atoms with E-state index in [1.807, 2.05) is 72.8 Å². The summed E-state index contributed by atoms with van der Waals surface area (Å²) in [7, 11) is -0.427. The fraction of sp³-hybridized carbons (Fsp3) is 0.176. The van der Waals surface area contributed by atoms with Gasteiger partial charge in [0.15, 0.2) is 5.82 Å². The van der Waals surface area contributed by atoms with E-state index >= 15 is 0 Å². The Hall–Kier alpha value is -4.06. The summed E-state index contributed by atoms with van der Waals surface area (Å²) in [6.07, 6.45) is 5.51. The molecule has 0 amide bonds. The number of hydrogen-bond donors (Lipinski definition) is 0. The smallest absolute Gasteiger partial charge is 0.399 e. The van der Waals surface area contributed by atoms with Gasteiger partial charge in [-0.25, -0.2) is 9.97 Å². The molecule has 3 aromatic carbocycles. The predicted octanol–water partition coefficient (Wildman–Crippen LogP) is 7.53. The lowest BCUT2D eigenvalue weighted by molar-refractivity contribution is 0.00578. The summed E-state index contributed by atoms with van der Waals surface area (Å²) in [5.41, 5.74) is 6.59. The van der Waals surface area contributed by atoms with Crippen LogP contribution in [0.25, 0.3) is 39.3 Å². The lowest BCUT2D eigenvalue weighted by Gasteiger charge is -2.32. The highest BCUT2D eigenvalue weighted by atomic mass is 16.7. The summed E-state index contributed by atoms with van der Waals surface area (Å²) in [5, 5.41) is 0. The van der Waals surface area contributed by atoms with Gasteiger partial charge in [0, 0.05) is 22.3 Å². The first-order chi connectivity index (χ1) is 18.7. The third-order valence-electron chi connectivity index (χ3n) is 7.50. The van der Waals surface area contributed by atoms with Gasteiger partial charge in [0.2, 0.25) is 0 Å². The molecule has 194 valence electrons. The standard InChI is InChI=1S/C34H33BN2O2/c1-7-15-24(8-2)30-29(25-16-11-9-12-17-25)31(26-18-13-10-14-19-26)37-32(36-30)27-20-22-28(23-21-27)35-38-33(3,4)34(5,6)39-35/h7-23H,1-2H2,3-6H3/b24-15+. The number of aromatic nitrogens is 2. The molecule has 0 spiro atoms. The van der Waals surface area contributed by atoms with E-state index in [0.29, 0.717) is 5.82 Å². The molecular formula is C34H33BN2O2. The van der Waals surface area contributed by atoms with E-state index in [0.717, 1.165) is 44.7 Å². The van der Waals surface area contributed by atoms with Crippen molar-refractivity contribution in [1.29, 1.82) is 0 Å². The largest absolute Gasteiger partial charge is 0.494 e. The van der Waals surface area contributed by atoms with Gasteiger partial charge in [-0.3, -0.25) is 0 Å². The molecule has 2 heterocycles. The van der Waals surface area contributed by atoms with Crippen LogP contribution in [-0.4, -0.2) is 28.3 Å². The van der Waals surface area contributed by atoms with Gasteiger partial charge in [0.25, 0.3) is 0 Å². The fourth-order valence-corrected chi connectivity index (χ4v) is 4.62. The second kappa shape index (κ2) is 10.6. The first kappa shape index (κ1) is 26.5. The molecule has 39 heavy (non-hydrogen) atoms. The Kier molecular flexibility index (Phi) is 7.22. The lowest BCUT2D eigenvalue weighted by Crippen LogP contribution is -2.41. The monoisotopic (exact) mass is 512 g/mol. The number of hydrogen-bond acceptors (Lipinski definition) is 4. The van der Waals surface area contributed by atoms with Gasteiger partial charge in [-0.05, 0) is 38.7 Å². The lowest BCUT2D eigenvalue weighted by atomic mass is 9.79. The van der Waals surface area contributed by atoms with Crippen LogP contribution < -0.4 is 5.46 Å². The van der Waals surface area contributed by atoms with E-state index in [4.69, 9.17) is 19.3 Å². The van der Waals surface area contributed by atoms with Crippen molar-refractivity contribution in [3.05, 3.63) is 122 Å². The maximum atomic E-state index is 6.25. The number of nitrogens with zero attached hydrogens (tertiary/aromatic N) is 2. The third kappa shape index (κ3) is 5.16. The van der Waals surface area contributed by atoms with Gasteiger partial charge in [-0.15, -0.1) is 0 Å². The van der Waals surface area contributed by atoms with Gasteiger partial charge in [0.1, 0.15) is 0 Å². The van der Waals surface area contributed by atoms with Gasteiger partial charge >= 0.3 is 7.12 Å². The van der Waals surface area contributed by atoms with Gasteiger partial charge < -0.3 is 9.31 Å². The van der Waals surface area contributed by atoms with Gasteiger partial charge in [0.05, 0.1) is 22.6 Å². The molecule has 0 bridgehead atoms. The second-order valence-corrected chi connectivity index (χ2v) is 10.6. The molecule has 4 nitrogen and oxygen atoms in total. The van der Waals surface area contributed by atoms with Crippen LogP contribution in [0.1, 0.15) is 33.4 Å². The molecule has 1 saturated heterocycles. The number of rotatable bonds is 7. The number of allylic oxidation sites excluding steroid dienone is 4. The fourth-order valence-electron chi connectivity index (χ4n) is 4.62. The maximum absolute atomic E-state index is 6.25. The van der Waals surface area contributed by atoms with Crippen LogP contribution in [0.3, 0.4) is 0 Å². The average molecular weight is 512 g/mol. The molecule has 0 aliphatic carbocycles. The van der Waals surface area contributed by atoms with Crippen molar-refractivity contribution in [2.75, 3.05) is 0 Å². The van der Waals surface area contributed by atoms with Gasteiger partial charge in [-0.1, -0.05) is 116 Å². The molecule has 1 aromatic heterocycles. The molecule has 1 aliphatic heterocycles. The zero-order chi connectivity index (χ0) is 27.6. The van der Waals surface area contributed by atoms with Crippen molar-refractivity contribution in [3.8, 4) is 33.8 Å². The van der Waals surface area contributed by atoms with Crippen molar-refractivity contribution < 1.29 is 9.31 Å². The van der Waals surface area contributed by atoms with Crippen molar-refractivity contribution in [2.45, 2.75) is 38.9 Å².